The average Bonchev–Trinajstić information content (AvgIpc) is 2.40. The second kappa shape index (κ2) is 6.26. The van der Waals surface area contributed by atoms with Crippen molar-refractivity contribution in [3.63, 3.8) is 0 Å². The monoisotopic (exact) mass is 295 g/mol. The molecule has 7 nitrogen and oxygen atoms in total. The van der Waals surface area contributed by atoms with Crippen molar-refractivity contribution in [2.75, 3.05) is 6.61 Å². The fraction of sp³-hybridized carbons (Fsp3) is 0.643. The Morgan fingerprint density at radius 3 is 2.62 bits per heavy atom. The molecule has 21 heavy (non-hydrogen) atoms. The van der Waals surface area contributed by atoms with E-state index in [9.17, 15) is 19.5 Å². The molecule has 1 saturated carbocycles. The predicted octanol–water partition coefficient (Wildman–Crippen LogP) is -0.337. The molecule has 116 valence electrons. The van der Waals surface area contributed by atoms with Crippen molar-refractivity contribution in [3.05, 3.63) is 32.6 Å². The summed E-state index contributed by atoms with van der Waals surface area (Å²) in [6.07, 6.45) is 3.31. The maximum absolute atomic E-state index is 12.1. The van der Waals surface area contributed by atoms with Crippen LogP contribution in [0.2, 0.25) is 0 Å². The molecular formula is C14H21N3O4. The van der Waals surface area contributed by atoms with E-state index >= 15 is 0 Å². The van der Waals surface area contributed by atoms with E-state index < -0.39 is 16.8 Å². The molecule has 0 spiro atoms. The first-order chi connectivity index (χ1) is 9.92. The normalized spacial score (nSPS) is 25.5. The van der Waals surface area contributed by atoms with Crippen molar-refractivity contribution in [2.45, 2.75) is 44.6 Å². The van der Waals surface area contributed by atoms with Crippen LogP contribution in [0.25, 0.3) is 0 Å². The first-order valence-electron chi connectivity index (χ1n) is 7.17. The van der Waals surface area contributed by atoms with Gasteiger partial charge in [0.25, 0.3) is 5.56 Å². The Labute approximate surface area is 121 Å². The van der Waals surface area contributed by atoms with Crippen LogP contribution in [0.15, 0.2) is 15.7 Å². The quantitative estimate of drug-likeness (QED) is 0.608. The lowest BCUT2D eigenvalue weighted by molar-refractivity contribution is -0.123. The summed E-state index contributed by atoms with van der Waals surface area (Å²) in [6, 6.07) is 1.19. The van der Waals surface area contributed by atoms with Crippen LogP contribution in [-0.4, -0.2) is 33.1 Å². The minimum absolute atomic E-state index is 0.0868. The summed E-state index contributed by atoms with van der Waals surface area (Å²) in [4.78, 5) is 38.9. The highest BCUT2D eigenvalue weighted by Crippen LogP contribution is 2.31. The standard InChI is InChI=1S/C14H21N3O4/c1-9-2-4-14(8-18,5-3-9)17-12(20)7-10-6-11(19)16-13(21)15-10/h6,9,18H,2-5,7-8H2,1H3,(H,17,20)(H2,15,16,19,21). The van der Waals surface area contributed by atoms with E-state index in [1.54, 1.807) is 0 Å². The zero-order valence-corrected chi connectivity index (χ0v) is 12.1. The van der Waals surface area contributed by atoms with Crippen molar-refractivity contribution >= 4 is 5.91 Å². The van der Waals surface area contributed by atoms with Crippen LogP contribution >= 0.6 is 0 Å². The average molecular weight is 295 g/mol. The number of carbonyl (C=O) groups is 1. The van der Waals surface area contributed by atoms with E-state index in [1.807, 2.05) is 0 Å². The maximum Gasteiger partial charge on any atom is 0.325 e. The summed E-state index contributed by atoms with van der Waals surface area (Å²) in [5.74, 6) is 0.297. The first-order valence-corrected chi connectivity index (χ1v) is 7.17. The van der Waals surface area contributed by atoms with Crippen LogP contribution in [0.3, 0.4) is 0 Å². The number of nitrogens with one attached hydrogen (secondary N) is 3. The van der Waals surface area contributed by atoms with Crippen molar-refractivity contribution in [1.82, 2.24) is 15.3 Å². The Kier molecular flexibility index (Phi) is 4.62. The molecule has 0 atom stereocenters. The SMILES string of the molecule is CC1CCC(CO)(NC(=O)Cc2cc(=O)[nH]c(=O)[nH]2)CC1. The van der Waals surface area contributed by atoms with Gasteiger partial charge in [0.2, 0.25) is 5.91 Å². The summed E-state index contributed by atoms with van der Waals surface area (Å²) >= 11 is 0. The highest BCUT2D eigenvalue weighted by Gasteiger charge is 2.34. The molecule has 1 aliphatic carbocycles. The van der Waals surface area contributed by atoms with E-state index in [0.29, 0.717) is 5.92 Å². The van der Waals surface area contributed by atoms with Crippen molar-refractivity contribution in [2.24, 2.45) is 5.92 Å². The van der Waals surface area contributed by atoms with Gasteiger partial charge in [-0.05, 0) is 31.6 Å². The van der Waals surface area contributed by atoms with Gasteiger partial charge in [-0.25, -0.2) is 4.79 Å². The molecule has 0 aliphatic heterocycles. The molecule has 4 N–H and O–H groups in total. The van der Waals surface area contributed by atoms with Crippen molar-refractivity contribution < 1.29 is 9.90 Å². The fourth-order valence-electron chi connectivity index (χ4n) is 2.76. The predicted molar refractivity (Wildman–Crippen MR) is 77.0 cm³/mol. The minimum atomic E-state index is -0.631. The van der Waals surface area contributed by atoms with Gasteiger partial charge < -0.3 is 15.4 Å². The van der Waals surface area contributed by atoms with Crippen LogP contribution in [0.5, 0.6) is 0 Å². The van der Waals surface area contributed by atoms with Gasteiger partial charge in [-0.1, -0.05) is 6.92 Å². The third-order valence-corrected chi connectivity index (χ3v) is 4.11. The molecule has 0 saturated heterocycles. The Balaban J connectivity index is 2.03. The topological polar surface area (TPSA) is 115 Å². The van der Waals surface area contributed by atoms with Crippen molar-refractivity contribution in [1.29, 1.82) is 0 Å². The molecule has 1 aromatic heterocycles. The highest BCUT2D eigenvalue weighted by molar-refractivity contribution is 5.78. The van der Waals surface area contributed by atoms with E-state index in [2.05, 4.69) is 22.2 Å². The number of rotatable bonds is 4. The molecule has 1 aliphatic rings. The van der Waals surface area contributed by atoms with Gasteiger partial charge in [-0.2, -0.15) is 0 Å². The molecular weight excluding hydrogens is 274 g/mol. The van der Waals surface area contributed by atoms with Gasteiger partial charge in [0.1, 0.15) is 0 Å². The number of aliphatic hydroxyl groups is 1. The summed E-state index contributed by atoms with van der Waals surface area (Å²) < 4.78 is 0. The van der Waals surface area contributed by atoms with Gasteiger partial charge in [0.05, 0.1) is 18.6 Å². The number of hydrogen-bond acceptors (Lipinski definition) is 4. The minimum Gasteiger partial charge on any atom is -0.394 e. The Hall–Kier alpha value is -1.89. The highest BCUT2D eigenvalue weighted by atomic mass is 16.3. The molecule has 1 amide bonds. The molecule has 0 bridgehead atoms. The summed E-state index contributed by atoms with van der Waals surface area (Å²) in [5, 5.41) is 12.5. The number of aliphatic hydroxyl groups excluding tert-OH is 1. The van der Waals surface area contributed by atoms with E-state index in [1.165, 1.54) is 6.07 Å². The molecule has 0 radical (unpaired) electrons. The zero-order valence-electron chi connectivity index (χ0n) is 12.1. The summed E-state index contributed by atoms with van der Waals surface area (Å²) in [7, 11) is 0. The number of aromatic amines is 2. The molecule has 7 heteroatoms. The third kappa shape index (κ3) is 4.04. The van der Waals surface area contributed by atoms with Crippen LogP contribution in [0.1, 0.15) is 38.3 Å². The fourth-order valence-corrected chi connectivity index (χ4v) is 2.76. The lowest BCUT2D eigenvalue weighted by atomic mass is 9.77. The smallest absolute Gasteiger partial charge is 0.325 e. The number of H-pyrrole nitrogens is 2. The first kappa shape index (κ1) is 15.5. The molecule has 0 aromatic carbocycles. The van der Waals surface area contributed by atoms with Gasteiger partial charge in [0.15, 0.2) is 0 Å². The summed E-state index contributed by atoms with van der Waals surface area (Å²) in [5.41, 5.74) is -1.48. The number of amides is 1. The molecule has 1 fully saturated rings. The lowest BCUT2D eigenvalue weighted by Crippen LogP contribution is -2.53. The van der Waals surface area contributed by atoms with Gasteiger partial charge in [0, 0.05) is 11.8 Å². The van der Waals surface area contributed by atoms with Crippen LogP contribution < -0.4 is 16.6 Å². The molecule has 1 heterocycles. The van der Waals surface area contributed by atoms with Crippen LogP contribution in [0.4, 0.5) is 0 Å². The Morgan fingerprint density at radius 1 is 1.38 bits per heavy atom. The Bertz CT molecular complexity index is 583. The number of aromatic nitrogens is 2. The third-order valence-electron chi connectivity index (χ3n) is 4.11. The number of hydrogen-bond donors (Lipinski definition) is 4. The van der Waals surface area contributed by atoms with E-state index in [-0.39, 0.29) is 24.6 Å². The molecule has 0 unspecified atom stereocenters. The van der Waals surface area contributed by atoms with Crippen LogP contribution in [0, 0.1) is 5.92 Å². The largest absolute Gasteiger partial charge is 0.394 e. The molecule has 1 aromatic rings. The van der Waals surface area contributed by atoms with E-state index in [0.717, 1.165) is 25.7 Å². The zero-order chi connectivity index (χ0) is 15.5. The number of carbonyl (C=O) groups excluding carboxylic acids is 1. The second-order valence-electron chi connectivity index (χ2n) is 5.96. The maximum atomic E-state index is 12.1. The summed E-state index contributed by atoms with van der Waals surface area (Å²) in [6.45, 7) is 2.06. The molecule has 2 rings (SSSR count). The van der Waals surface area contributed by atoms with Gasteiger partial charge in [-0.15, -0.1) is 0 Å². The Morgan fingerprint density at radius 2 is 2.05 bits per heavy atom. The lowest BCUT2D eigenvalue weighted by Gasteiger charge is -2.38. The van der Waals surface area contributed by atoms with Crippen molar-refractivity contribution in [3.8, 4) is 0 Å². The van der Waals surface area contributed by atoms with Gasteiger partial charge in [-0.3, -0.25) is 14.6 Å². The van der Waals surface area contributed by atoms with Gasteiger partial charge >= 0.3 is 5.69 Å². The van der Waals surface area contributed by atoms with E-state index in [4.69, 9.17) is 0 Å². The second-order valence-corrected chi connectivity index (χ2v) is 5.96. The van der Waals surface area contributed by atoms with Crippen LogP contribution in [-0.2, 0) is 11.2 Å².